The van der Waals surface area contributed by atoms with Crippen LogP contribution in [0.15, 0.2) is 11.2 Å². The predicted molar refractivity (Wildman–Crippen MR) is 79.6 cm³/mol. The lowest BCUT2D eigenvalue weighted by Gasteiger charge is -2.32. The summed E-state index contributed by atoms with van der Waals surface area (Å²) in [6.07, 6.45) is 7.10. The number of hydrogen-bond donors (Lipinski definition) is 2. The van der Waals surface area contributed by atoms with Crippen LogP contribution in [-0.2, 0) is 4.79 Å². The Hall–Kier alpha value is -1.08. The summed E-state index contributed by atoms with van der Waals surface area (Å²) in [5.74, 6) is 0.978. The van der Waals surface area contributed by atoms with Gasteiger partial charge in [-0.1, -0.05) is 6.42 Å². The summed E-state index contributed by atoms with van der Waals surface area (Å²) in [5, 5.41) is 14.1. The van der Waals surface area contributed by atoms with Gasteiger partial charge in [-0.25, -0.2) is 0 Å². The molecule has 2 rings (SSSR count). The Bertz CT molecular complexity index is 397. The molecule has 20 heavy (non-hydrogen) atoms. The molecule has 1 aliphatic rings. The van der Waals surface area contributed by atoms with E-state index < -0.39 is 0 Å². The van der Waals surface area contributed by atoms with E-state index in [-0.39, 0.29) is 5.91 Å². The molecule has 1 saturated heterocycles. The molecule has 1 amide bonds. The van der Waals surface area contributed by atoms with Crippen LogP contribution in [0.1, 0.15) is 32.1 Å². The Morgan fingerprint density at radius 2 is 2.50 bits per heavy atom. The number of piperidine rings is 1. The molecule has 0 bridgehead atoms. The average Bonchev–Trinajstić information content (AvgIpc) is 2.96. The van der Waals surface area contributed by atoms with Gasteiger partial charge in [0.25, 0.3) is 0 Å². The summed E-state index contributed by atoms with van der Waals surface area (Å²) in [5.41, 5.74) is 0. The Balaban J connectivity index is 1.53. The standard InChI is InChI=1S/C13H23N5OS/c1-18-8-3-2-4-11(18)5-6-12(19)14-7-9-20-13-10-15-17-16-13/h10-11H,2-9H2,1H3,(H,14,19)(H,15,16,17). The summed E-state index contributed by atoms with van der Waals surface area (Å²) in [6, 6.07) is 0.582. The van der Waals surface area contributed by atoms with Gasteiger partial charge >= 0.3 is 0 Å². The van der Waals surface area contributed by atoms with E-state index in [0.717, 1.165) is 17.2 Å². The second kappa shape index (κ2) is 8.26. The first-order chi connectivity index (χ1) is 9.75. The molecule has 1 unspecified atom stereocenters. The summed E-state index contributed by atoms with van der Waals surface area (Å²) < 4.78 is 0. The summed E-state index contributed by atoms with van der Waals surface area (Å²) in [6.45, 7) is 1.84. The maximum atomic E-state index is 11.8. The minimum atomic E-state index is 0.157. The number of amides is 1. The van der Waals surface area contributed by atoms with Crippen LogP contribution in [0.4, 0.5) is 0 Å². The molecule has 0 saturated carbocycles. The van der Waals surface area contributed by atoms with Crippen LogP contribution in [-0.4, -0.2) is 58.1 Å². The van der Waals surface area contributed by atoms with Crippen LogP contribution in [0.25, 0.3) is 0 Å². The SMILES string of the molecule is CN1CCCCC1CCC(=O)NCCSc1cn[nH]n1. The largest absolute Gasteiger partial charge is 0.355 e. The van der Waals surface area contributed by atoms with Gasteiger partial charge in [-0.3, -0.25) is 4.79 Å². The minimum Gasteiger partial charge on any atom is -0.355 e. The van der Waals surface area contributed by atoms with Crippen molar-refractivity contribution >= 4 is 17.7 Å². The van der Waals surface area contributed by atoms with Gasteiger partial charge in [0, 0.05) is 24.8 Å². The summed E-state index contributed by atoms with van der Waals surface area (Å²) in [4.78, 5) is 14.2. The third-order valence-electron chi connectivity index (χ3n) is 3.69. The van der Waals surface area contributed by atoms with Gasteiger partial charge in [0.05, 0.1) is 6.20 Å². The molecule has 112 valence electrons. The number of aromatic amines is 1. The molecule has 0 spiro atoms. The third kappa shape index (κ3) is 5.13. The highest BCUT2D eigenvalue weighted by Crippen LogP contribution is 2.18. The molecule has 1 aromatic rings. The first-order valence-corrected chi connectivity index (χ1v) is 8.20. The lowest BCUT2D eigenvalue weighted by molar-refractivity contribution is -0.121. The van der Waals surface area contributed by atoms with Crippen molar-refractivity contribution in [1.29, 1.82) is 0 Å². The van der Waals surface area contributed by atoms with Crippen molar-refractivity contribution < 1.29 is 4.79 Å². The van der Waals surface area contributed by atoms with E-state index in [1.807, 2.05) is 0 Å². The minimum absolute atomic E-state index is 0.157. The van der Waals surface area contributed by atoms with Crippen LogP contribution in [0.5, 0.6) is 0 Å². The number of thioether (sulfide) groups is 1. The molecule has 7 heteroatoms. The second-order valence-corrected chi connectivity index (χ2v) is 6.29. The zero-order valence-electron chi connectivity index (χ0n) is 12.0. The van der Waals surface area contributed by atoms with E-state index in [9.17, 15) is 4.79 Å². The number of carbonyl (C=O) groups is 1. The van der Waals surface area contributed by atoms with Crippen molar-refractivity contribution in [2.24, 2.45) is 0 Å². The van der Waals surface area contributed by atoms with E-state index in [0.29, 0.717) is 19.0 Å². The van der Waals surface area contributed by atoms with Gasteiger partial charge in [-0.2, -0.15) is 10.3 Å². The summed E-state index contributed by atoms with van der Waals surface area (Å²) >= 11 is 1.59. The molecule has 1 aromatic heterocycles. The first kappa shape index (κ1) is 15.3. The smallest absolute Gasteiger partial charge is 0.220 e. The highest BCUT2D eigenvalue weighted by molar-refractivity contribution is 7.99. The zero-order valence-corrected chi connectivity index (χ0v) is 12.8. The monoisotopic (exact) mass is 297 g/mol. The molecule has 1 fully saturated rings. The number of rotatable bonds is 7. The fourth-order valence-corrected chi connectivity index (χ4v) is 3.15. The maximum Gasteiger partial charge on any atom is 0.220 e. The number of H-pyrrole nitrogens is 1. The molecule has 2 N–H and O–H groups in total. The number of nitrogens with zero attached hydrogens (tertiary/aromatic N) is 3. The van der Waals surface area contributed by atoms with Crippen molar-refractivity contribution in [1.82, 2.24) is 25.6 Å². The van der Waals surface area contributed by atoms with Crippen LogP contribution in [0.2, 0.25) is 0 Å². The van der Waals surface area contributed by atoms with Crippen molar-refractivity contribution in [3.63, 3.8) is 0 Å². The number of carbonyl (C=O) groups excluding carboxylic acids is 1. The van der Waals surface area contributed by atoms with Crippen LogP contribution < -0.4 is 5.32 Å². The Labute approximate surface area is 124 Å². The van der Waals surface area contributed by atoms with Crippen molar-refractivity contribution in [2.45, 2.75) is 43.2 Å². The van der Waals surface area contributed by atoms with Gasteiger partial charge in [0.1, 0.15) is 5.03 Å². The molecule has 0 aliphatic carbocycles. The van der Waals surface area contributed by atoms with Crippen LogP contribution in [0, 0.1) is 0 Å². The number of hydrogen-bond acceptors (Lipinski definition) is 5. The Kier molecular flexibility index (Phi) is 6.32. The van der Waals surface area contributed by atoms with Gasteiger partial charge in [-0.05, 0) is 32.9 Å². The highest BCUT2D eigenvalue weighted by atomic mass is 32.2. The van der Waals surface area contributed by atoms with Gasteiger partial charge < -0.3 is 10.2 Å². The molecular formula is C13H23N5OS. The maximum absolute atomic E-state index is 11.8. The topological polar surface area (TPSA) is 73.9 Å². The van der Waals surface area contributed by atoms with Crippen molar-refractivity contribution in [2.75, 3.05) is 25.9 Å². The van der Waals surface area contributed by atoms with Crippen LogP contribution >= 0.6 is 11.8 Å². The molecule has 6 nitrogen and oxygen atoms in total. The van der Waals surface area contributed by atoms with E-state index in [1.54, 1.807) is 18.0 Å². The fourth-order valence-electron chi connectivity index (χ4n) is 2.50. The third-order valence-corrected chi connectivity index (χ3v) is 4.59. The lowest BCUT2D eigenvalue weighted by atomic mass is 9.98. The molecular weight excluding hydrogens is 274 g/mol. The quantitative estimate of drug-likeness (QED) is 0.586. The van der Waals surface area contributed by atoms with E-state index >= 15 is 0 Å². The molecule has 1 aliphatic heterocycles. The second-order valence-electron chi connectivity index (χ2n) is 5.18. The Morgan fingerprint density at radius 1 is 1.60 bits per heavy atom. The zero-order chi connectivity index (χ0) is 14.2. The average molecular weight is 297 g/mol. The predicted octanol–water partition coefficient (Wildman–Crippen LogP) is 1.28. The molecule has 1 atom stereocenters. The Morgan fingerprint density at radius 3 is 3.25 bits per heavy atom. The summed E-state index contributed by atoms with van der Waals surface area (Å²) in [7, 11) is 2.16. The van der Waals surface area contributed by atoms with Crippen molar-refractivity contribution in [3.05, 3.63) is 6.20 Å². The number of aromatic nitrogens is 3. The van der Waals surface area contributed by atoms with Gasteiger partial charge in [0.2, 0.25) is 5.91 Å². The number of nitrogens with one attached hydrogen (secondary N) is 2. The number of likely N-dealkylation sites (tertiary alicyclic amines) is 1. The van der Waals surface area contributed by atoms with Crippen LogP contribution in [0.3, 0.4) is 0 Å². The lowest BCUT2D eigenvalue weighted by Crippen LogP contribution is -2.37. The van der Waals surface area contributed by atoms with Crippen molar-refractivity contribution in [3.8, 4) is 0 Å². The molecule has 0 aromatic carbocycles. The highest BCUT2D eigenvalue weighted by Gasteiger charge is 2.19. The normalized spacial score (nSPS) is 19.9. The molecule has 0 radical (unpaired) electrons. The van der Waals surface area contributed by atoms with Gasteiger partial charge in [-0.15, -0.1) is 16.9 Å². The van der Waals surface area contributed by atoms with E-state index in [4.69, 9.17) is 0 Å². The van der Waals surface area contributed by atoms with E-state index in [2.05, 4.69) is 32.7 Å². The van der Waals surface area contributed by atoms with E-state index in [1.165, 1.54) is 25.8 Å². The first-order valence-electron chi connectivity index (χ1n) is 7.21. The molecule has 2 heterocycles. The van der Waals surface area contributed by atoms with Gasteiger partial charge in [0.15, 0.2) is 0 Å². The fraction of sp³-hybridized carbons (Fsp3) is 0.769.